The molecule has 0 saturated carbocycles. The topological polar surface area (TPSA) is 134 Å². The number of fused-ring (bicyclic) bond motifs is 2. The molecule has 4 heterocycles. The number of nitrogens with zero attached hydrogens (tertiary/aromatic N) is 4. The fourth-order valence-electron chi connectivity index (χ4n) is 4.94. The second-order valence-electron chi connectivity index (χ2n) is 10.0. The van der Waals surface area contributed by atoms with Crippen LogP contribution in [0.4, 0.5) is 11.4 Å². The zero-order chi connectivity index (χ0) is 35.2. The first-order chi connectivity index (χ1) is 23.7. The van der Waals surface area contributed by atoms with Gasteiger partial charge in [0, 0.05) is 63.9 Å². The summed E-state index contributed by atoms with van der Waals surface area (Å²) in [7, 11) is -1.64. The number of ether oxygens (including phenoxy) is 1. The Kier molecular flexibility index (Phi) is 16.1. The molecule has 6 rings (SSSR count). The van der Waals surface area contributed by atoms with E-state index in [1.54, 1.807) is 23.7 Å². The molecule has 264 valence electrons. The van der Waals surface area contributed by atoms with E-state index in [0.29, 0.717) is 0 Å². The zero-order valence-electron chi connectivity index (χ0n) is 27.9. The Morgan fingerprint density at radius 2 is 1.20 bits per heavy atom. The van der Waals surface area contributed by atoms with Crippen molar-refractivity contribution in [1.29, 1.82) is 0 Å². The number of hydrogen-bond donors (Lipinski definition) is 0. The van der Waals surface area contributed by atoms with Crippen LogP contribution in [0.15, 0.2) is 137 Å². The van der Waals surface area contributed by atoms with Crippen LogP contribution in [0.25, 0.3) is 12.2 Å². The average molecular weight is 833 g/mol. The van der Waals surface area contributed by atoms with Crippen molar-refractivity contribution in [2.45, 2.75) is 18.7 Å². The summed E-state index contributed by atoms with van der Waals surface area (Å²) in [6.45, 7) is 6.11. The zero-order valence-corrected chi connectivity index (χ0v) is 31.7. The summed E-state index contributed by atoms with van der Waals surface area (Å²) in [6.07, 6.45) is 16.0. The molecule has 0 amide bonds. The Hall–Kier alpha value is -4.09. The van der Waals surface area contributed by atoms with E-state index in [1.807, 2.05) is 103 Å². The highest BCUT2D eigenvalue weighted by molar-refractivity contribution is 8.03. The van der Waals surface area contributed by atoms with Gasteiger partial charge in [-0.1, -0.05) is 48.2 Å². The van der Waals surface area contributed by atoms with E-state index in [0.717, 1.165) is 41.8 Å². The molecule has 0 atom stereocenters. The third-order valence-corrected chi connectivity index (χ3v) is 8.15. The second kappa shape index (κ2) is 19.9. The van der Waals surface area contributed by atoms with Crippen molar-refractivity contribution in [2.24, 2.45) is 0 Å². The number of benzene rings is 2. The van der Waals surface area contributed by atoms with Crippen LogP contribution < -0.4 is 76.3 Å². The van der Waals surface area contributed by atoms with E-state index < -0.39 is 10.2 Å². The van der Waals surface area contributed by atoms with Gasteiger partial charge in [-0.15, -0.1) is 10.2 Å². The molecule has 2 aromatic carbocycles. The maximum Gasteiger partial charge on any atom is 0.257 e. The van der Waals surface area contributed by atoms with Crippen molar-refractivity contribution < 1.29 is 76.7 Å². The smallest absolute Gasteiger partial charge is 0.257 e. The van der Waals surface area contributed by atoms with Crippen molar-refractivity contribution in [3.05, 3.63) is 144 Å². The summed E-state index contributed by atoms with van der Waals surface area (Å²) < 4.78 is 43.3. The van der Waals surface area contributed by atoms with Crippen LogP contribution in [-0.2, 0) is 0 Å². The fraction of sp³-hybridized carbons (Fsp3) is 0.167. The Labute approximate surface area is 315 Å². The molecule has 2 aliphatic heterocycles. The van der Waals surface area contributed by atoms with E-state index in [1.165, 1.54) is 15.6 Å². The van der Waals surface area contributed by atoms with Gasteiger partial charge in [-0.2, -0.15) is 0 Å². The lowest BCUT2D eigenvalue weighted by atomic mass is 10.3. The van der Waals surface area contributed by atoms with Gasteiger partial charge in [0.15, 0.2) is 5.75 Å². The molecule has 0 N–H and O–H groups in total. The molecule has 14 heteroatoms. The van der Waals surface area contributed by atoms with Crippen molar-refractivity contribution in [3.63, 3.8) is 0 Å². The lowest BCUT2D eigenvalue weighted by Gasteiger charge is -2.17. The minimum absolute atomic E-state index is 0. The number of pyridine rings is 2. The Balaban J connectivity index is 0.000000234. The molecular formula is C36H38ClIN4O7S. The van der Waals surface area contributed by atoms with Gasteiger partial charge in [0.2, 0.25) is 18.3 Å². The van der Waals surface area contributed by atoms with E-state index in [9.17, 15) is 0 Å². The van der Waals surface area contributed by atoms with Crippen LogP contribution in [0, 0.1) is 10.2 Å². The Morgan fingerprint density at radius 1 is 0.700 bits per heavy atom. The van der Waals surface area contributed by atoms with Crippen LogP contribution >= 0.6 is 11.8 Å². The van der Waals surface area contributed by atoms with Gasteiger partial charge in [-0.25, -0.2) is 18.6 Å². The van der Waals surface area contributed by atoms with Gasteiger partial charge >= 0.3 is 0 Å². The average Bonchev–Trinajstić information content (AvgIpc) is 3.65. The van der Waals surface area contributed by atoms with Gasteiger partial charge in [-0.05, 0) is 62.4 Å². The van der Waals surface area contributed by atoms with Crippen molar-refractivity contribution in [2.75, 3.05) is 37.1 Å². The van der Waals surface area contributed by atoms with Crippen LogP contribution in [0.2, 0.25) is 0 Å². The van der Waals surface area contributed by atoms with Gasteiger partial charge in [-0.3, -0.25) is 9.68 Å². The summed E-state index contributed by atoms with van der Waals surface area (Å²) >= 11 is 1.81. The largest absolute Gasteiger partial charge is 1.00 e. The Morgan fingerprint density at radius 3 is 1.76 bits per heavy atom. The van der Waals surface area contributed by atoms with Gasteiger partial charge in [0.05, 0.1) is 16.4 Å². The summed E-state index contributed by atoms with van der Waals surface area (Å²) in [5.41, 5.74) is 4.36. The SMILES string of the molecule is CCN1C(=CC=Cc2cccc[n+]2OC)Oc2ccccc21.CCN1C(=CC=Cc2cccc[n+]2OC)Sc2ccccc21.[I-].[O-][Cl+3]([O-])([O-])[O-]. The minimum Gasteiger partial charge on any atom is -1.00 e. The first-order valence-electron chi connectivity index (χ1n) is 15.2. The minimum atomic E-state index is -4.94. The van der Waals surface area contributed by atoms with Crippen LogP contribution in [0.5, 0.6) is 5.75 Å². The van der Waals surface area contributed by atoms with Crippen LogP contribution in [0.1, 0.15) is 25.2 Å². The molecular weight excluding hydrogens is 795 g/mol. The molecule has 0 unspecified atom stereocenters. The first-order valence-corrected chi connectivity index (χ1v) is 17.3. The highest BCUT2D eigenvalue weighted by Crippen LogP contribution is 2.45. The standard InChI is InChI=1S/C18H19N2O2.C18H19N2OS.ClHO4.HI/c2*1-3-19-16-11-4-5-12-17(16)22-18(19)13-8-10-15-9-6-7-14-20(15)21-2;2-1(3,4)5;/h2*4-14H,3H2,1-2H3;(H,2,3,4,5);1H/q2*+1;;/p-2. The maximum absolute atomic E-state index is 8.49. The second-order valence-corrected chi connectivity index (χ2v) is 11.8. The molecule has 0 aliphatic carbocycles. The number of rotatable bonds is 8. The normalized spacial score (nSPS) is 14.7. The molecule has 2 aromatic heterocycles. The molecule has 11 nitrogen and oxygen atoms in total. The van der Waals surface area contributed by atoms with Crippen LogP contribution in [-0.4, -0.2) is 27.3 Å². The number of allylic oxidation sites excluding steroid dienone is 4. The summed E-state index contributed by atoms with van der Waals surface area (Å²) in [5.74, 6) is 1.73. The van der Waals surface area contributed by atoms with E-state index in [4.69, 9.17) is 33.0 Å². The number of halogens is 2. The highest BCUT2D eigenvalue weighted by atomic mass is 127. The van der Waals surface area contributed by atoms with Gasteiger partial charge < -0.3 is 38.5 Å². The fourth-order valence-corrected chi connectivity index (χ4v) is 6.08. The lowest BCUT2D eigenvalue weighted by molar-refractivity contribution is -2.00. The molecule has 0 fully saturated rings. The van der Waals surface area contributed by atoms with Gasteiger partial charge in [0.25, 0.3) is 11.4 Å². The van der Waals surface area contributed by atoms with Gasteiger partial charge in [0.1, 0.15) is 14.2 Å². The lowest BCUT2D eigenvalue weighted by Crippen LogP contribution is -3.00. The maximum atomic E-state index is 8.49. The van der Waals surface area contributed by atoms with E-state index in [2.05, 4.69) is 66.1 Å². The third kappa shape index (κ3) is 11.5. The predicted molar refractivity (Wildman–Crippen MR) is 178 cm³/mol. The molecule has 50 heavy (non-hydrogen) atoms. The number of para-hydroxylation sites is 3. The molecule has 0 spiro atoms. The number of aromatic nitrogens is 2. The van der Waals surface area contributed by atoms with Crippen molar-refractivity contribution in [1.82, 2.24) is 0 Å². The summed E-state index contributed by atoms with van der Waals surface area (Å²) in [4.78, 5) is 16.4. The third-order valence-electron chi connectivity index (χ3n) is 7.02. The molecule has 0 radical (unpaired) electrons. The monoisotopic (exact) mass is 832 g/mol. The molecule has 4 aromatic rings. The summed E-state index contributed by atoms with van der Waals surface area (Å²) in [5, 5.41) is 1.25. The first kappa shape index (κ1) is 40.3. The predicted octanol–water partition coefficient (Wildman–Crippen LogP) is -1.43. The van der Waals surface area contributed by atoms with Crippen LogP contribution in [0.3, 0.4) is 0 Å². The molecule has 2 aliphatic rings. The number of thioether (sulfide) groups is 1. The van der Waals surface area contributed by atoms with Crippen molar-refractivity contribution in [3.8, 4) is 5.75 Å². The van der Waals surface area contributed by atoms with E-state index in [-0.39, 0.29) is 24.0 Å². The van der Waals surface area contributed by atoms with E-state index >= 15 is 0 Å². The van der Waals surface area contributed by atoms with Crippen molar-refractivity contribution >= 4 is 35.3 Å². The summed E-state index contributed by atoms with van der Waals surface area (Å²) in [6, 6.07) is 28.4. The Bertz CT molecular complexity index is 1690. The molecule has 0 bridgehead atoms. The highest BCUT2D eigenvalue weighted by Gasteiger charge is 2.24. The molecule has 0 saturated heterocycles. The number of anilines is 2. The quantitative estimate of drug-likeness (QED) is 0.154. The number of hydrogen-bond acceptors (Lipinski definition) is 10.